The molecule has 1 aliphatic heterocycles. The molecule has 1 saturated carbocycles. The summed E-state index contributed by atoms with van der Waals surface area (Å²) in [7, 11) is 1.29. The van der Waals surface area contributed by atoms with Gasteiger partial charge in [-0.05, 0) is 19.8 Å². The number of hydrogen-bond acceptors (Lipinski definition) is 5. The lowest BCUT2D eigenvalue weighted by Gasteiger charge is -2.65. The summed E-state index contributed by atoms with van der Waals surface area (Å²) in [6.07, 6.45) is 1.81. The van der Waals surface area contributed by atoms with Gasteiger partial charge in [0, 0.05) is 17.9 Å². The van der Waals surface area contributed by atoms with Gasteiger partial charge in [0.1, 0.15) is 11.6 Å². The Balaban J connectivity index is 0.00000220. The zero-order valence-corrected chi connectivity index (χ0v) is 13.8. The van der Waals surface area contributed by atoms with Gasteiger partial charge in [-0.25, -0.2) is 4.79 Å². The first kappa shape index (κ1) is 18.2. The average Bonchev–Trinajstić information content (AvgIpc) is 2.45. The Labute approximate surface area is 131 Å². The van der Waals surface area contributed by atoms with E-state index >= 15 is 0 Å². The molecule has 0 bridgehead atoms. The van der Waals surface area contributed by atoms with Crippen molar-refractivity contribution in [3.63, 3.8) is 0 Å². The van der Waals surface area contributed by atoms with Gasteiger partial charge in [0.25, 0.3) is 0 Å². The van der Waals surface area contributed by atoms with Gasteiger partial charge in [-0.1, -0.05) is 13.8 Å². The molecule has 2 rings (SSSR count). The van der Waals surface area contributed by atoms with Crippen molar-refractivity contribution < 1.29 is 19.1 Å². The van der Waals surface area contributed by atoms with E-state index in [0.29, 0.717) is 0 Å². The molecule has 3 unspecified atom stereocenters. The lowest BCUT2D eigenvalue weighted by atomic mass is 9.46. The van der Waals surface area contributed by atoms with E-state index in [1.807, 2.05) is 13.8 Å². The second-order valence-electron chi connectivity index (χ2n) is 6.35. The Bertz CT molecular complexity index is 429. The highest BCUT2D eigenvalue weighted by Gasteiger charge is 2.70. The first-order valence-electron chi connectivity index (χ1n) is 7.06. The molecule has 122 valence electrons. The summed E-state index contributed by atoms with van der Waals surface area (Å²) in [6.45, 7) is 6.21. The number of esters is 1. The highest BCUT2D eigenvalue weighted by Crippen LogP contribution is 2.57. The van der Waals surface area contributed by atoms with Gasteiger partial charge in [-0.15, -0.1) is 12.4 Å². The molecule has 2 aliphatic rings. The maximum atomic E-state index is 12.5. The standard InChI is InChI=1S/C14H24N2O4.ClH/c1-8(11(17)19-4)16-12(18)14(15)9-6-5-7-20-10(9)13(14,2)3;/h8-10H,5-7,15H2,1-4H3,(H,16,18);1H/t8-,9?,10?,14?;/m0./s1. The summed E-state index contributed by atoms with van der Waals surface area (Å²) in [5.74, 6) is -0.765. The maximum Gasteiger partial charge on any atom is 0.328 e. The molecule has 0 aromatic heterocycles. The van der Waals surface area contributed by atoms with Crippen LogP contribution in [0.5, 0.6) is 0 Å². The summed E-state index contributed by atoms with van der Waals surface area (Å²) in [6, 6.07) is -0.702. The van der Waals surface area contributed by atoms with Crippen molar-refractivity contribution >= 4 is 24.3 Å². The Hall–Kier alpha value is -0.850. The van der Waals surface area contributed by atoms with E-state index in [9.17, 15) is 9.59 Å². The number of amides is 1. The zero-order chi connectivity index (χ0) is 15.1. The third-order valence-corrected chi connectivity index (χ3v) is 4.96. The minimum absolute atomic E-state index is 0. The molecule has 1 amide bonds. The van der Waals surface area contributed by atoms with Gasteiger partial charge < -0.3 is 20.5 Å². The number of nitrogens with two attached hydrogens (primary N) is 1. The molecule has 2 fully saturated rings. The quantitative estimate of drug-likeness (QED) is 0.744. The number of carbonyl (C=O) groups is 2. The van der Waals surface area contributed by atoms with E-state index in [0.717, 1.165) is 19.4 Å². The van der Waals surface area contributed by atoms with Crippen LogP contribution >= 0.6 is 12.4 Å². The van der Waals surface area contributed by atoms with Gasteiger partial charge in [-0.2, -0.15) is 0 Å². The number of carbonyl (C=O) groups excluding carboxylic acids is 2. The van der Waals surface area contributed by atoms with Crippen molar-refractivity contribution in [3.05, 3.63) is 0 Å². The lowest BCUT2D eigenvalue weighted by Crippen LogP contribution is -2.82. The van der Waals surface area contributed by atoms with Crippen molar-refractivity contribution in [3.8, 4) is 0 Å². The van der Waals surface area contributed by atoms with E-state index in [1.165, 1.54) is 7.11 Å². The Kier molecular flexibility index (Phi) is 5.29. The Morgan fingerprint density at radius 1 is 1.43 bits per heavy atom. The van der Waals surface area contributed by atoms with Crippen LogP contribution in [0, 0.1) is 11.3 Å². The predicted octanol–water partition coefficient (Wildman–Crippen LogP) is 0.618. The van der Waals surface area contributed by atoms with Gasteiger partial charge >= 0.3 is 5.97 Å². The first-order chi connectivity index (χ1) is 9.26. The van der Waals surface area contributed by atoms with Crippen molar-refractivity contribution in [2.75, 3.05) is 13.7 Å². The van der Waals surface area contributed by atoms with E-state index in [-0.39, 0.29) is 30.3 Å². The molecule has 1 saturated heterocycles. The molecule has 6 nitrogen and oxygen atoms in total. The number of fused-ring (bicyclic) bond motifs is 1. The molecule has 0 aromatic carbocycles. The molecule has 0 aromatic rings. The summed E-state index contributed by atoms with van der Waals surface area (Å²) in [5, 5.41) is 2.67. The molecule has 0 radical (unpaired) electrons. The minimum atomic E-state index is -1.000. The molecule has 3 N–H and O–H groups in total. The molecule has 1 aliphatic carbocycles. The fourth-order valence-corrected chi connectivity index (χ4v) is 3.59. The Morgan fingerprint density at radius 3 is 2.62 bits per heavy atom. The van der Waals surface area contributed by atoms with Crippen LogP contribution < -0.4 is 11.1 Å². The topological polar surface area (TPSA) is 90.7 Å². The molecule has 21 heavy (non-hydrogen) atoms. The van der Waals surface area contributed by atoms with Gasteiger partial charge in [0.05, 0.1) is 13.2 Å². The fraction of sp³-hybridized carbons (Fsp3) is 0.857. The average molecular weight is 321 g/mol. The van der Waals surface area contributed by atoms with Crippen LogP contribution in [-0.2, 0) is 19.1 Å². The molecule has 0 spiro atoms. The second-order valence-corrected chi connectivity index (χ2v) is 6.35. The van der Waals surface area contributed by atoms with Crippen LogP contribution in [0.25, 0.3) is 0 Å². The summed E-state index contributed by atoms with van der Waals surface area (Å²) in [4.78, 5) is 24.0. The van der Waals surface area contributed by atoms with Crippen molar-refractivity contribution in [1.29, 1.82) is 0 Å². The molecule has 1 heterocycles. The van der Waals surface area contributed by atoms with E-state index < -0.39 is 23.0 Å². The van der Waals surface area contributed by atoms with Gasteiger partial charge in [0.15, 0.2) is 0 Å². The maximum absolute atomic E-state index is 12.5. The fourth-order valence-electron chi connectivity index (χ4n) is 3.59. The normalized spacial score (nSPS) is 34.5. The van der Waals surface area contributed by atoms with Crippen molar-refractivity contribution in [2.45, 2.75) is 51.3 Å². The highest BCUT2D eigenvalue weighted by molar-refractivity contribution is 5.92. The SMILES string of the molecule is COC(=O)[C@H](C)NC(=O)C1(N)C2CCCOC2C1(C)C.Cl. The number of rotatable bonds is 3. The van der Waals surface area contributed by atoms with Crippen LogP contribution in [0.15, 0.2) is 0 Å². The first-order valence-corrected chi connectivity index (χ1v) is 7.06. The van der Waals surface area contributed by atoms with E-state index in [1.54, 1.807) is 6.92 Å². The largest absolute Gasteiger partial charge is 0.467 e. The van der Waals surface area contributed by atoms with Crippen molar-refractivity contribution in [2.24, 2.45) is 17.1 Å². The highest BCUT2D eigenvalue weighted by atomic mass is 35.5. The van der Waals surface area contributed by atoms with Crippen LogP contribution in [0.3, 0.4) is 0 Å². The van der Waals surface area contributed by atoms with Gasteiger partial charge in [0.2, 0.25) is 5.91 Å². The third-order valence-electron chi connectivity index (χ3n) is 4.96. The van der Waals surface area contributed by atoms with E-state index in [4.69, 9.17) is 10.5 Å². The summed E-state index contributed by atoms with van der Waals surface area (Å²) >= 11 is 0. The number of hydrogen-bond donors (Lipinski definition) is 2. The monoisotopic (exact) mass is 320 g/mol. The molecular weight excluding hydrogens is 296 g/mol. The second kappa shape index (κ2) is 6.10. The smallest absolute Gasteiger partial charge is 0.328 e. The van der Waals surface area contributed by atoms with Crippen LogP contribution in [0.4, 0.5) is 0 Å². The summed E-state index contributed by atoms with van der Waals surface area (Å²) < 4.78 is 10.4. The van der Waals surface area contributed by atoms with Crippen LogP contribution in [0.2, 0.25) is 0 Å². The minimum Gasteiger partial charge on any atom is -0.467 e. The predicted molar refractivity (Wildman–Crippen MR) is 80.0 cm³/mol. The zero-order valence-electron chi connectivity index (χ0n) is 13.0. The lowest BCUT2D eigenvalue weighted by molar-refractivity contribution is -0.225. The summed E-state index contributed by atoms with van der Waals surface area (Å²) in [5.41, 5.74) is 4.98. The number of halogens is 1. The van der Waals surface area contributed by atoms with Crippen molar-refractivity contribution in [1.82, 2.24) is 5.32 Å². The van der Waals surface area contributed by atoms with Crippen LogP contribution in [0.1, 0.15) is 33.6 Å². The number of methoxy groups -OCH3 is 1. The molecule has 7 heteroatoms. The molecule has 4 atom stereocenters. The van der Waals surface area contributed by atoms with Gasteiger partial charge in [-0.3, -0.25) is 4.79 Å². The Morgan fingerprint density at radius 2 is 2.05 bits per heavy atom. The van der Waals surface area contributed by atoms with E-state index in [2.05, 4.69) is 10.1 Å². The number of nitrogens with one attached hydrogen (secondary N) is 1. The molecular formula is C14H25ClN2O4. The number of ether oxygens (including phenoxy) is 2. The third kappa shape index (κ3) is 2.53. The van der Waals surface area contributed by atoms with Crippen LogP contribution in [-0.4, -0.2) is 43.3 Å².